The summed E-state index contributed by atoms with van der Waals surface area (Å²) in [7, 11) is 0. The summed E-state index contributed by atoms with van der Waals surface area (Å²) in [5.41, 5.74) is 16.0. The molecule has 2 atom stereocenters. The van der Waals surface area contributed by atoms with E-state index >= 15 is 0 Å². The molecule has 9 N–H and O–H groups in total. The molecule has 0 saturated carbocycles. The molecule has 25 heteroatoms. The number of aliphatic imine (C=N–C) groups is 1. The summed E-state index contributed by atoms with van der Waals surface area (Å²) in [6, 6.07) is 7.19. The number of carbonyl (C=O) groups is 2. The minimum atomic E-state index is -0.675. The van der Waals surface area contributed by atoms with Gasteiger partial charge in [0.2, 0.25) is 5.82 Å². The van der Waals surface area contributed by atoms with Crippen LogP contribution in [0.1, 0.15) is 60.3 Å². The van der Waals surface area contributed by atoms with Gasteiger partial charge in [0.25, 0.3) is 0 Å². The molecule has 2 aliphatic carbocycles. The van der Waals surface area contributed by atoms with Crippen LogP contribution < -0.4 is 62.9 Å². The van der Waals surface area contributed by atoms with Crippen LogP contribution in [0.25, 0.3) is 11.5 Å². The molecule has 0 radical (unpaired) electrons. The molecule has 3 aromatic heterocycles. The molecule has 20 nitrogen and oxygen atoms in total. The van der Waals surface area contributed by atoms with E-state index in [0.29, 0.717) is 59.5 Å². The van der Waals surface area contributed by atoms with Gasteiger partial charge in [-0.05, 0) is 92.8 Å². The molecule has 4 amide bonds. The van der Waals surface area contributed by atoms with Crippen LogP contribution in [0.4, 0.5) is 18.4 Å². The van der Waals surface area contributed by atoms with Crippen LogP contribution >= 0.6 is 23.5 Å². The van der Waals surface area contributed by atoms with E-state index in [1.165, 1.54) is 52.4 Å². The normalized spacial score (nSPS) is 15.1. The van der Waals surface area contributed by atoms with Gasteiger partial charge in [0, 0.05) is 24.6 Å². The van der Waals surface area contributed by atoms with Crippen molar-refractivity contribution in [3.05, 3.63) is 86.5 Å². The maximum atomic E-state index is 13.7. The van der Waals surface area contributed by atoms with Gasteiger partial charge in [-0.1, -0.05) is 48.2 Å². The van der Waals surface area contributed by atoms with E-state index in [4.69, 9.17) is 25.2 Å². The zero-order valence-corrected chi connectivity index (χ0v) is 33.1. The Morgan fingerprint density at radius 2 is 1.46 bits per heavy atom. The Balaban J connectivity index is 0.000000291. The van der Waals surface area contributed by atoms with Crippen molar-refractivity contribution in [2.24, 2.45) is 16.5 Å². The van der Waals surface area contributed by atoms with Crippen molar-refractivity contribution < 1.29 is 72.4 Å². The van der Waals surface area contributed by atoms with Gasteiger partial charge in [0.05, 0.1) is 12.1 Å². The first-order valence-electron chi connectivity index (χ1n) is 16.2. The van der Waals surface area contributed by atoms with Crippen molar-refractivity contribution >= 4 is 41.4 Å². The number of hydrogen-bond acceptors (Lipinski definition) is 16. The van der Waals surface area contributed by atoms with Gasteiger partial charge in [0.15, 0.2) is 27.3 Å². The van der Waals surface area contributed by atoms with Gasteiger partial charge < -0.3 is 27.6 Å². The number of urea groups is 2. The second-order valence-electron chi connectivity index (χ2n) is 11.6. The number of amides is 4. The van der Waals surface area contributed by atoms with Gasteiger partial charge in [-0.25, -0.2) is 37.0 Å². The Labute approximate surface area is 352 Å². The van der Waals surface area contributed by atoms with E-state index in [1.807, 2.05) is 5.48 Å². The number of aryl methyl sites for hydroxylation is 2. The largest absolute Gasteiger partial charge is 1.00 e. The summed E-state index contributed by atoms with van der Waals surface area (Å²) in [6.45, 7) is 0.647. The molecule has 57 heavy (non-hydrogen) atoms. The van der Waals surface area contributed by atoms with Crippen LogP contribution in [0, 0.1) is 11.6 Å². The number of nitrogens with zero attached hydrogens (tertiary/aromatic N) is 7. The molecule has 2 aromatic carbocycles. The van der Waals surface area contributed by atoms with Crippen LogP contribution in [0.3, 0.4) is 0 Å². The van der Waals surface area contributed by atoms with E-state index in [9.17, 15) is 28.4 Å². The van der Waals surface area contributed by atoms with Crippen molar-refractivity contribution in [2.45, 2.75) is 55.2 Å². The summed E-state index contributed by atoms with van der Waals surface area (Å²) < 4.78 is 43.0. The molecule has 5 aromatic rings. The molecule has 300 valence electrons. The smallest absolute Gasteiger partial charge is 0.870 e. The summed E-state index contributed by atoms with van der Waals surface area (Å²) >= 11 is 2.50. The first-order valence-corrected chi connectivity index (χ1v) is 18.2. The first-order chi connectivity index (χ1) is 26.1. The van der Waals surface area contributed by atoms with Crippen molar-refractivity contribution in [1.29, 1.82) is 0 Å². The van der Waals surface area contributed by atoms with E-state index < -0.39 is 23.9 Å². The van der Waals surface area contributed by atoms with Crippen molar-refractivity contribution in [3.8, 4) is 11.5 Å². The average Bonchev–Trinajstić information content (AvgIpc) is 3.99. The molecular weight excluding hydrogens is 806 g/mol. The molecule has 0 spiro atoms. The number of carbonyl (C=O) groups excluding carboxylic acids is 2. The third-order valence-corrected chi connectivity index (χ3v) is 10.2. The van der Waals surface area contributed by atoms with Crippen LogP contribution in [0.15, 0.2) is 70.0 Å². The van der Waals surface area contributed by atoms with Crippen LogP contribution in [-0.2, 0) is 12.8 Å². The Hall–Kier alpha value is -4.85. The van der Waals surface area contributed by atoms with Gasteiger partial charge in [-0.15, -0.1) is 0 Å². The van der Waals surface area contributed by atoms with Gasteiger partial charge in [-0.3, -0.25) is 20.2 Å². The van der Waals surface area contributed by atoms with Crippen LogP contribution in [0.5, 0.6) is 0 Å². The second-order valence-corrected chi connectivity index (χ2v) is 13.8. The fraction of sp³-hybridized carbons (Fsp3) is 0.344. The first kappa shape index (κ1) is 46.5. The average molecular weight is 843 g/mol. The second kappa shape index (κ2) is 21.6. The Morgan fingerprint density at radius 3 is 2.11 bits per heavy atom. The van der Waals surface area contributed by atoms with Crippen molar-refractivity contribution in [3.63, 3.8) is 0 Å². The number of hydrogen-bond donors (Lipinski definition) is 6. The standard InChI is InChI=1S/C16H15FN6O4S.C15H17FN6O3S.CH4.Na.H2O/c17-9-3-1-8-2-4-11(10(8)7-9)23-13(21-26-16(23)25)12-14(22-27-20-12)28-6-5-19-15(18)24;16-9-3-1-8-2-4-11(10(8)7-9)19-13(20-24)12-14(22-25-21-12)26-6-5-18-15(17)23;;;/h1,3,7,11H,2,4-6H2,(H3,18,19,24);1,3,7,11,24H,2,4-6H2,(H,19,20)(H3,17,18,23);1H4;;1H2/q;;;+1;/p-1/t2*11-;;;/m00.../s1. The number of amidine groups is 1. The SMILES string of the molecule is C.NC(=O)NCCSc1nonc1-c1noc(=O)n1[C@H]1CCc2ccc(F)cc21.NC(=O)NCCSc1nonc1C(=N[C@H]1CCc2ccc(F)cc21)NO.[Na+].[OH-]. The number of aromatic nitrogens is 6. The number of thioether (sulfide) groups is 2. The Kier molecular flexibility index (Phi) is 17.6. The zero-order chi connectivity index (χ0) is 38.2. The molecule has 3 heterocycles. The zero-order valence-electron chi connectivity index (χ0n) is 29.5. The number of hydroxylamine groups is 1. The molecular formula is C32H37F2N12NaO8S2. The number of nitrogens with one attached hydrogen (secondary N) is 3. The topological polar surface area (TPSA) is 311 Å². The molecule has 0 aliphatic heterocycles. The minimum absolute atomic E-state index is 0. The molecule has 0 bridgehead atoms. The van der Waals surface area contributed by atoms with E-state index in [2.05, 4.69) is 41.4 Å². The molecule has 2 aliphatic rings. The summed E-state index contributed by atoms with van der Waals surface area (Å²) in [6.07, 6.45) is 2.78. The van der Waals surface area contributed by atoms with E-state index in [0.717, 1.165) is 23.1 Å². The number of nitrogens with two attached hydrogens (primary N) is 2. The van der Waals surface area contributed by atoms with Crippen LogP contribution in [-0.4, -0.2) is 83.5 Å². The van der Waals surface area contributed by atoms with Gasteiger partial charge in [0.1, 0.15) is 11.6 Å². The van der Waals surface area contributed by atoms with Gasteiger partial charge >= 0.3 is 47.4 Å². The number of fused-ring (bicyclic) bond motifs is 2. The fourth-order valence-electron chi connectivity index (χ4n) is 5.97. The monoisotopic (exact) mass is 842 g/mol. The van der Waals surface area contributed by atoms with Crippen molar-refractivity contribution in [1.82, 2.24) is 46.5 Å². The summed E-state index contributed by atoms with van der Waals surface area (Å²) in [5.74, 6) is -0.225. The third kappa shape index (κ3) is 11.4. The Morgan fingerprint density at radius 1 is 0.877 bits per heavy atom. The van der Waals surface area contributed by atoms with Crippen LogP contribution in [0.2, 0.25) is 0 Å². The van der Waals surface area contributed by atoms with Crippen molar-refractivity contribution in [2.75, 3.05) is 24.6 Å². The number of benzene rings is 2. The van der Waals surface area contributed by atoms with E-state index in [-0.39, 0.29) is 83.2 Å². The minimum Gasteiger partial charge on any atom is -0.870 e. The Bertz CT molecular complexity index is 2220. The molecule has 0 saturated heterocycles. The number of primary amides is 2. The predicted molar refractivity (Wildman–Crippen MR) is 195 cm³/mol. The fourth-order valence-corrected chi connectivity index (χ4v) is 7.47. The third-order valence-electron chi connectivity index (χ3n) is 8.28. The van der Waals surface area contributed by atoms with Gasteiger partial charge in [-0.2, -0.15) is 0 Å². The quantitative estimate of drug-likeness (QED) is 0.0243. The summed E-state index contributed by atoms with van der Waals surface area (Å²) in [4.78, 5) is 38.2. The van der Waals surface area contributed by atoms with E-state index in [1.54, 1.807) is 12.1 Å². The number of halogens is 2. The molecule has 0 unspecified atom stereocenters. The predicted octanol–water partition coefficient (Wildman–Crippen LogP) is 0.167. The molecule has 0 fully saturated rings. The maximum Gasteiger partial charge on any atom is 1.00 e. The molecule has 7 rings (SSSR count). The maximum absolute atomic E-state index is 13.7. The number of rotatable bonds is 12. The summed E-state index contributed by atoms with van der Waals surface area (Å²) in [5, 5.41) is 34.2.